The summed E-state index contributed by atoms with van der Waals surface area (Å²) in [6.45, 7) is 0. The van der Waals surface area contributed by atoms with Crippen molar-refractivity contribution in [1.29, 1.82) is 0 Å². The first kappa shape index (κ1) is 14.1. The molecule has 1 atom stereocenters. The number of nitrogens with one attached hydrogen (secondary N) is 2. The van der Waals surface area contributed by atoms with Crippen molar-refractivity contribution in [2.75, 3.05) is 5.32 Å². The second kappa shape index (κ2) is 5.48. The van der Waals surface area contributed by atoms with Crippen LogP contribution < -0.4 is 10.6 Å². The number of rotatable bonds is 3. The van der Waals surface area contributed by atoms with E-state index in [9.17, 15) is 19.5 Å². The van der Waals surface area contributed by atoms with Gasteiger partial charge in [-0.3, -0.25) is 9.59 Å². The summed E-state index contributed by atoms with van der Waals surface area (Å²) in [5, 5.41) is 15.1. The average molecular weight is 308 g/mol. The van der Waals surface area contributed by atoms with Crippen LogP contribution in [-0.4, -0.2) is 28.9 Å². The lowest BCUT2D eigenvalue weighted by Gasteiger charge is -2.11. The highest BCUT2D eigenvalue weighted by molar-refractivity contribution is 7.17. The van der Waals surface area contributed by atoms with E-state index in [4.69, 9.17) is 0 Å². The van der Waals surface area contributed by atoms with Crippen molar-refractivity contribution in [1.82, 2.24) is 5.32 Å². The van der Waals surface area contributed by atoms with Crippen LogP contribution in [0.2, 0.25) is 0 Å². The van der Waals surface area contributed by atoms with Gasteiger partial charge in [0.2, 0.25) is 11.8 Å². The molecule has 3 rings (SSSR count). The highest BCUT2D eigenvalue weighted by Gasteiger charge is 2.30. The van der Waals surface area contributed by atoms with Gasteiger partial charge in [0, 0.05) is 11.3 Å². The van der Waals surface area contributed by atoms with Gasteiger partial charge in [0.05, 0.1) is 5.56 Å². The maximum atomic E-state index is 12.1. The summed E-state index contributed by atoms with van der Waals surface area (Å²) in [5.74, 6) is -1.47. The van der Waals surface area contributed by atoms with Gasteiger partial charge in [-0.1, -0.05) is 0 Å². The number of anilines is 1. The van der Waals surface area contributed by atoms with Gasteiger partial charge in [-0.2, -0.15) is 0 Å². The number of carbonyl (C=O) groups is 3. The first-order valence-corrected chi connectivity index (χ1v) is 7.86. The number of fused-ring (bicyclic) bond motifs is 1. The molecule has 0 unspecified atom stereocenters. The molecule has 2 amide bonds. The van der Waals surface area contributed by atoms with E-state index in [0.717, 1.165) is 36.1 Å². The number of hydrogen-bond acceptors (Lipinski definition) is 4. The van der Waals surface area contributed by atoms with Crippen molar-refractivity contribution in [3.63, 3.8) is 0 Å². The number of aromatic carboxylic acids is 1. The fraction of sp³-hybridized carbons (Fsp3) is 0.500. The Hall–Kier alpha value is -1.89. The van der Waals surface area contributed by atoms with Gasteiger partial charge in [0.15, 0.2) is 0 Å². The lowest BCUT2D eigenvalue weighted by atomic mass is 9.95. The van der Waals surface area contributed by atoms with Gasteiger partial charge in [0.1, 0.15) is 11.0 Å². The number of hydrogen-bond donors (Lipinski definition) is 3. The molecule has 1 aliphatic carbocycles. The van der Waals surface area contributed by atoms with Crippen molar-refractivity contribution in [2.45, 2.75) is 44.6 Å². The average Bonchev–Trinajstić information content (AvgIpc) is 3.01. The normalized spacial score (nSPS) is 20.8. The van der Waals surface area contributed by atoms with E-state index >= 15 is 0 Å². The minimum atomic E-state index is -1.000. The summed E-state index contributed by atoms with van der Waals surface area (Å²) in [7, 11) is 0. The standard InChI is InChI=1S/C14H16N2O4S/c17-10-6-5-8(15-10)12(18)16-13-11(14(19)20)7-3-1-2-4-9(7)21-13/h8H,1-6H2,(H,15,17)(H,16,18)(H,19,20)/t8-/m0/s1. The smallest absolute Gasteiger partial charge is 0.339 e. The van der Waals surface area contributed by atoms with Crippen LogP contribution in [0, 0.1) is 0 Å². The van der Waals surface area contributed by atoms with Crippen molar-refractivity contribution in [2.24, 2.45) is 0 Å². The third-order valence-electron chi connectivity index (χ3n) is 3.93. The first-order valence-electron chi connectivity index (χ1n) is 7.04. The van der Waals surface area contributed by atoms with Crippen LogP contribution in [0.3, 0.4) is 0 Å². The maximum absolute atomic E-state index is 12.1. The van der Waals surface area contributed by atoms with E-state index in [2.05, 4.69) is 10.6 Å². The van der Waals surface area contributed by atoms with Crippen LogP contribution in [-0.2, 0) is 22.4 Å². The Bertz CT molecular complexity index is 623. The number of amides is 2. The second-order valence-corrected chi connectivity index (χ2v) is 6.47. The van der Waals surface area contributed by atoms with Gasteiger partial charge in [-0.25, -0.2) is 4.79 Å². The highest BCUT2D eigenvalue weighted by Crippen LogP contribution is 2.38. The Morgan fingerprint density at radius 1 is 1.24 bits per heavy atom. The van der Waals surface area contributed by atoms with Crippen LogP contribution in [0.1, 0.15) is 46.5 Å². The number of aryl methyl sites for hydroxylation is 1. The molecule has 0 saturated carbocycles. The molecular formula is C14H16N2O4S. The molecule has 1 saturated heterocycles. The summed E-state index contributed by atoms with van der Waals surface area (Å²) >= 11 is 1.35. The van der Waals surface area contributed by atoms with Crippen molar-refractivity contribution in [3.05, 3.63) is 16.0 Å². The molecule has 1 aromatic rings. The summed E-state index contributed by atoms with van der Waals surface area (Å²) in [4.78, 5) is 35.9. The Labute approximate surface area is 125 Å². The van der Waals surface area contributed by atoms with Crippen molar-refractivity contribution < 1.29 is 19.5 Å². The van der Waals surface area contributed by atoms with E-state index in [1.807, 2.05) is 0 Å². The molecule has 112 valence electrons. The lowest BCUT2D eigenvalue weighted by Crippen LogP contribution is -2.37. The van der Waals surface area contributed by atoms with Crippen LogP contribution >= 0.6 is 11.3 Å². The summed E-state index contributed by atoms with van der Waals surface area (Å²) in [5.41, 5.74) is 1.09. The molecule has 2 aliphatic rings. The Balaban J connectivity index is 1.84. The third-order valence-corrected chi connectivity index (χ3v) is 5.14. The molecular weight excluding hydrogens is 292 g/mol. The highest BCUT2D eigenvalue weighted by atomic mass is 32.1. The minimum absolute atomic E-state index is 0.140. The minimum Gasteiger partial charge on any atom is -0.478 e. The van der Waals surface area contributed by atoms with Crippen LogP contribution in [0.5, 0.6) is 0 Å². The van der Waals surface area contributed by atoms with E-state index in [-0.39, 0.29) is 17.4 Å². The number of carboxylic acid groups (broad SMARTS) is 1. The largest absolute Gasteiger partial charge is 0.478 e. The molecule has 21 heavy (non-hydrogen) atoms. The number of carboxylic acids is 1. The van der Waals surface area contributed by atoms with Gasteiger partial charge in [0.25, 0.3) is 0 Å². The Morgan fingerprint density at radius 3 is 2.67 bits per heavy atom. The van der Waals surface area contributed by atoms with Crippen LogP contribution in [0.4, 0.5) is 5.00 Å². The molecule has 2 heterocycles. The molecule has 6 nitrogen and oxygen atoms in total. The van der Waals surface area contributed by atoms with Gasteiger partial charge in [-0.05, 0) is 37.7 Å². The lowest BCUT2D eigenvalue weighted by molar-refractivity contribution is -0.122. The van der Waals surface area contributed by atoms with Gasteiger partial charge in [-0.15, -0.1) is 11.3 Å². The van der Waals surface area contributed by atoms with E-state index < -0.39 is 12.0 Å². The second-order valence-electron chi connectivity index (χ2n) is 5.37. The van der Waals surface area contributed by atoms with E-state index in [0.29, 0.717) is 17.8 Å². The third kappa shape index (κ3) is 2.65. The number of carbonyl (C=O) groups excluding carboxylic acids is 2. The topological polar surface area (TPSA) is 95.5 Å². The Kier molecular flexibility index (Phi) is 3.67. The number of thiophene rings is 1. The van der Waals surface area contributed by atoms with E-state index in [1.165, 1.54) is 11.3 Å². The fourth-order valence-corrected chi connectivity index (χ4v) is 4.17. The maximum Gasteiger partial charge on any atom is 0.339 e. The quantitative estimate of drug-likeness (QED) is 0.789. The summed E-state index contributed by atoms with van der Waals surface area (Å²) in [6, 6.07) is -0.557. The monoisotopic (exact) mass is 308 g/mol. The van der Waals surface area contributed by atoms with Gasteiger partial charge < -0.3 is 15.7 Å². The molecule has 7 heteroatoms. The van der Waals surface area contributed by atoms with Crippen molar-refractivity contribution >= 4 is 34.1 Å². The molecule has 0 bridgehead atoms. The fourth-order valence-electron chi connectivity index (χ4n) is 2.89. The summed E-state index contributed by atoms with van der Waals surface area (Å²) in [6.07, 6.45) is 4.46. The predicted molar refractivity (Wildman–Crippen MR) is 77.7 cm³/mol. The molecule has 1 fully saturated rings. The van der Waals surface area contributed by atoms with E-state index in [1.54, 1.807) is 0 Å². The van der Waals surface area contributed by atoms with Crippen LogP contribution in [0.25, 0.3) is 0 Å². The zero-order valence-electron chi connectivity index (χ0n) is 11.4. The van der Waals surface area contributed by atoms with Gasteiger partial charge >= 0.3 is 5.97 Å². The molecule has 0 aromatic carbocycles. The SMILES string of the molecule is O=C1CC[C@@H](C(=O)Nc2sc3c(c2C(=O)O)CCCC3)N1. The van der Waals surface area contributed by atoms with Crippen molar-refractivity contribution in [3.8, 4) is 0 Å². The molecule has 3 N–H and O–H groups in total. The molecule has 0 spiro atoms. The molecule has 1 aliphatic heterocycles. The zero-order valence-corrected chi connectivity index (χ0v) is 12.2. The Morgan fingerprint density at radius 2 is 2.00 bits per heavy atom. The predicted octanol–water partition coefficient (Wildman–Crippen LogP) is 1.54. The first-order chi connectivity index (χ1) is 10.1. The summed E-state index contributed by atoms with van der Waals surface area (Å²) < 4.78 is 0. The van der Waals surface area contributed by atoms with Crippen LogP contribution in [0.15, 0.2) is 0 Å². The molecule has 1 aromatic heterocycles. The zero-order chi connectivity index (χ0) is 15.0. The molecule has 0 radical (unpaired) electrons.